The van der Waals surface area contributed by atoms with Crippen molar-refractivity contribution in [2.75, 3.05) is 5.75 Å². The molecule has 0 bridgehead atoms. The highest BCUT2D eigenvalue weighted by molar-refractivity contribution is 7.99. The average Bonchev–Trinajstić information content (AvgIpc) is 3.22. The Morgan fingerprint density at radius 1 is 1.06 bits per heavy atom. The summed E-state index contributed by atoms with van der Waals surface area (Å²) in [6.45, 7) is 6.80. The van der Waals surface area contributed by atoms with Crippen molar-refractivity contribution >= 4 is 23.6 Å². The van der Waals surface area contributed by atoms with Crippen molar-refractivity contribution in [2.45, 2.75) is 51.0 Å². The Labute approximate surface area is 203 Å². The second kappa shape index (κ2) is 10.8. The monoisotopic (exact) mass is 479 g/mol. The van der Waals surface area contributed by atoms with Gasteiger partial charge in [0.25, 0.3) is 0 Å². The molecule has 0 saturated carbocycles. The Hall–Kier alpha value is -3.30. The molecule has 8 nitrogen and oxygen atoms in total. The van der Waals surface area contributed by atoms with Gasteiger partial charge < -0.3 is 4.74 Å². The Bertz CT molecular complexity index is 1130. The first kappa shape index (κ1) is 23.8. The van der Waals surface area contributed by atoms with E-state index in [1.165, 1.54) is 9.80 Å². The highest BCUT2D eigenvalue weighted by atomic mass is 32.2. The number of ether oxygens (including phenoxy) is 1. The zero-order valence-corrected chi connectivity index (χ0v) is 20.4. The molecule has 2 heterocycles. The van der Waals surface area contributed by atoms with Crippen LogP contribution in [0.5, 0.6) is 0 Å². The Balaban J connectivity index is 1.46. The van der Waals surface area contributed by atoms with Crippen molar-refractivity contribution in [2.24, 2.45) is 0 Å². The first-order chi connectivity index (χ1) is 16.4. The fourth-order valence-electron chi connectivity index (χ4n) is 3.27. The maximum atomic E-state index is 12.7. The third-order valence-electron chi connectivity index (χ3n) is 4.78. The minimum Gasteiger partial charge on any atom is -0.443 e. The van der Waals surface area contributed by atoms with Gasteiger partial charge in [-0.15, -0.1) is 11.8 Å². The van der Waals surface area contributed by atoms with Gasteiger partial charge in [-0.1, -0.05) is 48.5 Å². The maximum Gasteiger partial charge on any atom is 0.414 e. The van der Waals surface area contributed by atoms with Gasteiger partial charge in [0.2, 0.25) is 0 Å². The number of hydrogen-bond donors (Lipinski definition) is 1. The third-order valence-corrected chi connectivity index (χ3v) is 5.77. The molecule has 1 N–H and O–H groups in total. The van der Waals surface area contributed by atoms with E-state index in [9.17, 15) is 4.79 Å². The number of rotatable bonds is 8. The van der Waals surface area contributed by atoms with Crippen LogP contribution in [0.3, 0.4) is 0 Å². The molecule has 1 aliphatic heterocycles. The minimum atomic E-state index is -0.602. The van der Waals surface area contributed by atoms with Gasteiger partial charge in [-0.2, -0.15) is 15.0 Å². The Morgan fingerprint density at radius 3 is 2.47 bits per heavy atom. The summed E-state index contributed by atoms with van der Waals surface area (Å²) < 4.78 is 5.55. The van der Waals surface area contributed by atoms with Crippen LogP contribution in [0.15, 0.2) is 71.8 Å². The van der Waals surface area contributed by atoms with Crippen LogP contribution >= 0.6 is 11.8 Å². The summed E-state index contributed by atoms with van der Waals surface area (Å²) in [5.74, 6) is 0.824. The molecule has 1 aliphatic rings. The van der Waals surface area contributed by atoms with Crippen molar-refractivity contribution in [3.05, 3.63) is 83.8 Å². The smallest absolute Gasteiger partial charge is 0.414 e. The van der Waals surface area contributed by atoms with Crippen LogP contribution in [0.25, 0.3) is 5.70 Å². The summed E-state index contributed by atoms with van der Waals surface area (Å²) in [7, 11) is 0. The molecule has 0 aliphatic carbocycles. The van der Waals surface area contributed by atoms with Crippen LogP contribution in [-0.2, 0) is 29.3 Å². The van der Waals surface area contributed by atoms with Crippen molar-refractivity contribution in [1.82, 2.24) is 25.4 Å². The molecule has 1 amide bonds. The van der Waals surface area contributed by atoms with Gasteiger partial charge in [0.05, 0.1) is 19.7 Å². The second-order valence-electron chi connectivity index (χ2n) is 8.78. The topological polar surface area (TPSA) is 81.5 Å². The predicted molar refractivity (Wildman–Crippen MR) is 131 cm³/mol. The van der Waals surface area contributed by atoms with E-state index in [2.05, 4.69) is 27.8 Å². The van der Waals surface area contributed by atoms with Crippen molar-refractivity contribution in [3.63, 3.8) is 0 Å². The highest BCUT2D eigenvalue weighted by Gasteiger charge is 2.29. The van der Waals surface area contributed by atoms with Crippen LogP contribution in [0.2, 0.25) is 0 Å². The standard InChI is InChI=1S/C25H29N5O3S/c1-25(2,3)33-24(31)29-16-21-23(22(17-29)28-32-18-19-10-6-4-7-11-19)27-30(26-21)14-15-34-20-12-8-5-9-13-20/h4-13,17,28H,14-16,18H2,1-3H3. The van der Waals surface area contributed by atoms with Crippen molar-refractivity contribution in [1.29, 1.82) is 0 Å². The van der Waals surface area contributed by atoms with Crippen molar-refractivity contribution < 1.29 is 14.4 Å². The van der Waals surface area contributed by atoms with Gasteiger partial charge in [0.1, 0.15) is 22.7 Å². The molecule has 0 unspecified atom stereocenters. The number of fused-ring (bicyclic) bond motifs is 1. The second-order valence-corrected chi connectivity index (χ2v) is 9.95. The van der Waals surface area contributed by atoms with Gasteiger partial charge in [0.15, 0.2) is 0 Å². The number of hydroxylamine groups is 1. The Morgan fingerprint density at radius 2 is 1.76 bits per heavy atom. The van der Waals surface area contributed by atoms with E-state index >= 15 is 0 Å². The van der Waals surface area contributed by atoms with Gasteiger partial charge in [-0.05, 0) is 38.5 Å². The van der Waals surface area contributed by atoms with E-state index in [0.29, 0.717) is 30.2 Å². The first-order valence-corrected chi connectivity index (χ1v) is 12.1. The lowest BCUT2D eigenvalue weighted by atomic mass is 10.2. The first-order valence-electron chi connectivity index (χ1n) is 11.1. The van der Waals surface area contributed by atoms with E-state index in [0.717, 1.165) is 11.3 Å². The number of hydrogen-bond acceptors (Lipinski definition) is 7. The van der Waals surface area contributed by atoms with E-state index in [-0.39, 0.29) is 6.54 Å². The van der Waals surface area contributed by atoms with E-state index < -0.39 is 11.7 Å². The van der Waals surface area contributed by atoms with E-state index in [1.807, 2.05) is 69.3 Å². The molecule has 1 aromatic heterocycles. The van der Waals surface area contributed by atoms with Crippen LogP contribution in [0, 0.1) is 0 Å². The lowest BCUT2D eigenvalue weighted by molar-refractivity contribution is 0.0308. The molecule has 0 atom stereocenters. The molecule has 178 valence electrons. The summed E-state index contributed by atoms with van der Waals surface area (Å²) in [5, 5.41) is 9.29. The molecular formula is C25H29N5O3S. The highest BCUT2D eigenvalue weighted by Crippen LogP contribution is 2.24. The molecule has 2 aromatic carbocycles. The predicted octanol–water partition coefficient (Wildman–Crippen LogP) is 4.84. The van der Waals surface area contributed by atoms with Crippen LogP contribution in [-0.4, -0.2) is 37.3 Å². The van der Waals surface area contributed by atoms with Crippen molar-refractivity contribution in [3.8, 4) is 0 Å². The number of aromatic nitrogens is 3. The number of aryl methyl sites for hydroxylation is 1. The van der Waals surface area contributed by atoms with E-state index in [1.54, 1.807) is 22.8 Å². The van der Waals surface area contributed by atoms with Gasteiger partial charge >= 0.3 is 6.09 Å². The molecule has 9 heteroatoms. The molecule has 4 rings (SSSR count). The Kier molecular flexibility index (Phi) is 7.54. The average molecular weight is 480 g/mol. The lowest BCUT2D eigenvalue weighted by Gasteiger charge is -2.27. The van der Waals surface area contributed by atoms with E-state index in [4.69, 9.17) is 9.57 Å². The van der Waals surface area contributed by atoms with Crippen LogP contribution in [0.1, 0.15) is 37.7 Å². The fourth-order valence-corrected chi connectivity index (χ4v) is 4.11. The maximum absolute atomic E-state index is 12.7. The summed E-state index contributed by atoms with van der Waals surface area (Å²) in [6.07, 6.45) is 1.22. The molecule has 0 spiro atoms. The summed E-state index contributed by atoms with van der Waals surface area (Å²) >= 11 is 1.74. The third kappa shape index (κ3) is 6.61. The number of nitrogens with one attached hydrogen (secondary N) is 1. The minimum absolute atomic E-state index is 0.278. The van der Waals surface area contributed by atoms with Gasteiger partial charge in [-0.25, -0.2) is 4.79 Å². The number of benzene rings is 2. The quantitative estimate of drug-likeness (QED) is 0.366. The number of amides is 1. The number of thioether (sulfide) groups is 1. The summed E-state index contributed by atoms with van der Waals surface area (Å²) in [5.41, 5.74) is 5.29. The zero-order valence-electron chi connectivity index (χ0n) is 19.6. The lowest BCUT2D eigenvalue weighted by Crippen LogP contribution is -2.36. The number of carbonyl (C=O) groups is 1. The molecular weight excluding hydrogens is 450 g/mol. The zero-order chi connectivity index (χ0) is 24.0. The SMILES string of the molecule is CC(C)(C)OC(=O)N1C=C(NOCc2ccccc2)c2nn(CCSc3ccccc3)nc2C1. The van der Waals surface area contributed by atoms with Crippen LogP contribution in [0.4, 0.5) is 4.79 Å². The molecule has 0 radical (unpaired) electrons. The molecule has 0 saturated heterocycles. The molecule has 0 fully saturated rings. The summed E-state index contributed by atoms with van der Waals surface area (Å²) in [4.78, 5) is 22.8. The number of nitrogens with zero attached hydrogens (tertiary/aromatic N) is 4. The van der Waals surface area contributed by atoms with Gasteiger partial charge in [-0.3, -0.25) is 15.2 Å². The van der Waals surface area contributed by atoms with Crippen LogP contribution < -0.4 is 5.48 Å². The molecule has 3 aromatic rings. The molecule has 34 heavy (non-hydrogen) atoms. The summed E-state index contributed by atoms with van der Waals surface area (Å²) in [6, 6.07) is 20.1. The largest absolute Gasteiger partial charge is 0.443 e. The van der Waals surface area contributed by atoms with Gasteiger partial charge in [0, 0.05) is 16.8 Å². The fraction of sp³-hybridized carbons (Fsp3) is 0.320. The normalized spacial score (nSPS) is 13.3. The number of carbonyl (C=O) groups excluding carboxylic acids is 1.